The van der Waals surface area contributed by atoms with Crippen LogP contribution < -0.4 is 5.32 Å². The fraction of sp³-hybridized carbons (Fsp3) is 0.562. The summed E-state index contributed by atoms with van der Waals surface area (Å²) < 4.78 is 4.68. The van der Waals surface area contributed by atoms with Gasteiger partial charge in [-0.3, -0.25) is 0 Å². The summed E-state index contributed by atoms with van der Waals surface area (Å²) in [5.41, 5.74) is 2.36. The molecule has 1 aromatic rings. The van der Waals surface area contributed by atoms with Crippen LogP contribution in [0.15, 0.2) is 24.3 Å². The SMILES string of the molecule is CCC1(CNCc2ccc(C(=O)OC)cc2)CCC1. The van der Waals surface area contributed by atoms with Crippen molar-refractivity contribution in [2.75, 3.05) is 13.7 Å². The zero-order valence-electron chi connectivity index (χ0n) is 11.9. The van der Waals surface area contributed by atoms with Gasteiger partial charge in [0.2, 0.25) is 0 Å². The van der Waals surface area contributed by atoms with Crippen molar-refractivity contribution in [3.63, 3.8) is 0 Å². The predicted molar refractivity (Wildman–Crippen MR) is 76.1 cm³/mol. The molecule has 0 atom stereocenters. The van der Waals surface area contributed by atoms with Gasteiger partial charge in [-0.05, 0) is 42.4 Å². The quantitative estimate of drug-likeness (QED) is 0.799. The summed E-state index contributed by atoms with van der Waals surface area (Å²) in [5, 5.41) is 3.54. The van der Waals surface area contributed by atoms with Gasteiger partial charge >= 0.3 is 5.97 Å². The van der Waals surface area contributed by atoms with Crippen LogP contribution in [0.2, 0.25) is 0 Å². The van der Waals surface area contributed by atoms with Crippen molar-refractivity contribution < 1.29 is 9.53 Å². The summed E-state index contributed by atoms with van der Waals surface area (Å²) in [5.74, 6) is -0.279. The summed E-state index contributed by atoms with van der Waals surface area (Å²) in [6.07, 6.45) is 5.36. The second-order valence-corrected chi connectivity index (χ2v) is 5.50. The third kappa shape index (κ3) is 3.35. The van der Waals surface area contributed by atoms with E-state index in [1.54, 1.807) is 0 Å². The number of methoxy groups -OCH3 is 1. The molecule has 1 aliphatic carbocycles. The number of ether oxygens (including phenoxy) is 1. The van der Waals surface area contributed by atoms with Crippen LogP contribution in [0.25, 0.3) is 0 Å². The van der Waals surface area contributed by atoms with Gasteiger partial charge in [-0.25, -0.2) is 4.79 Å². The summed E-state index contributed by atoms with van der Waals surface area (Å²) in [4.78, 5) is 11.3. The average Bonchev–Trinajstić information content (AvgIpc) is 2.41. The molecule has 0 heterocycles. The van der Waals surface area contributed by atoms with Crippen molar-refractivity contribution in [3.8, 4) is 0 Å². The molecule has 1 saturated carbocycles. The first-order chi connectivity index (χ1) is 9.19. The molecule has 0 saturated heterocycles. The highest BCUT2D eigenvalue weighted by Crippen LogP contribution is 2.43. The van der Waals surface area contributed by atoms with Gasteiger partial charge < -0.3 is 10.1 Å². The molecule has 3 nitrogen and oxygen atoms in total. The molecule has 0 amide bonds. The second kappa shape index (κ2) is 6.20. The molecular weight excluding hydrogens is 238 g/mol. The Balaban J connectivity index is 1.81. The first kappa shape index (κ1) is 14.1. The molecular formula is C16H23NO2. The topological polar surface area (TPSA) is 38.3 Å². The van der Waals surface area contributed by atoms with E-state index in [0.717, 1.165) is 13.1 Å². The first-order valence-electron chi connectivity index (χ1n) is 7.07. The fourth-order valence-corrected chi connectivity index (χ4v) is 2.68. The lowest BCUT2D eigenvalue weighted by molar-refractivity contribution is 0.0600. The summed E-state index contributed by atoms with van der Waals surface area (Å²) >= 11 is 0. The number of carbonyl (C=O) groups is 1. The van der Waals surface area contributed by atoms with Crippen LogP contribution in [-0.4, -0.2) is 19.6 Å². The van der Waals surface area contributed by atoms with Gasteiger partial charge in [-0.15, -0.1) is 0 Å². The van der Waals surface area contributed by atoms with Crippen molar-refractivity contribution in [2.45, 2.75) is 39.2 Å². The molecule has 3 heteroatoms. The predicted octanol–water partition coefficient (Wildman–Crippen LogP) is 3.14. The van der Waals surface area contributed by atoms with E-state index in [-0.39, 0.29) is 5.97 Å². The van der Waals surface area contributed by atoms with Gasteiger partial charge in [0.05, 0.1) is 12.7 Å². The minimum absolute atomic E-state index is 0.279. The van der Waals surface area contributed by atoms with Crippen molar-refractivity contribution in [1.29, 1.82) is 0 Å². The Morgan fingerprint density at radius 2 is 2.00 bits per heavy atom. The van der Waals surface area contributed by atoms with Crippen LogP contribution in [-0.2, 0) is 11.3 Å². The van der Waals surface area contributed by atoms with Crippen molar-refractivity contribution in [3.05, 3.63) is 35.4 Å². The Kier molecular flexibility index (Phi) is 4.59. The number of hydrogen-bond acceptors (Lipinski definition) is 3. The molecule has 1 aromatic carbocycles. The Labute approximate surface area is 115 Å². The second-order valence-electron chi connectivity index (χ2n) is 5.50. The molecule has 104 valence electrons. The number of carbonyl (C=O) groups excluding carboxylic acids is 1. The van der Waals surface area contributed by atoms with E-state index in [0.29, 0.717) is 11.0 Å². The molecule has 0 spiro atoms. The average molecular weight is 261 g/mol. The highest BCUT2D eigenvalue weighted by molar-refractivity contribution is 5.89. The molecule has 0 radical (unpaired) electrons. The normalized spacial score (nSPS) is 16.7. The van der Waals surface area contributed by atoms with Crippen LogP contribution in [0.1, 0.15) is 48.5 Å². The standard InChI is InChI=1S/C16H23NO2/c1-3-16(9-4-10-16)12-17-11-13-5-7-14(8-6-13)15(18)19-2/h5-8,17H,3-4,9-12H2,1-2H3. The van der Waals surface area contributed by atoms with Gasteiger partial charge in [-0.1, -0.05) is 25.5 Å². The largest absolute Gasteiger partial charge is 0.465 e. The van der Waals surface area contributed by atoms with Gasteiger partial charge in [0, 0.05) is 13.1 Å². The van der Waals surface area contributed by atoms with E-state index in [9.17, 15) is 4.79 Å². The van der Waals surface area contributed by atoms with Crippen LogP contribution in [0.3, 0.4) is 0 Å². The Hall–Kier alpha value is -1.35. The third-order valence-electron chi connectivity index (χ3n) is 4.37. The maximum atomic E-state index is 11.3. The number of nitrogens with one attached hydrogen (secondary N) is 1. The highest BCUT2D eigenvalue weighted by Gasteiger charge is 2.34. The molecule has 2 rings (SSSR count). The summed E-state index contributed by atoms with van der Waals surface area (Å²) in [6, 6.07) is 7.61. The third-order valence-corrected chi connectivity index (χ3v) is 4.37. The zero-order chi connectivity index (χ0) is 13.7. The van der Waals surface area contributed by atoms with E-state index in [2.05, 4.69) is 17.0 Å². The van der Waals surface area contributed by atoms with Crippen LogP contribution >= 0.6 is 0 Å². The molecule has 0 aromatic heterocycles. The summed E-state index contributed by atoms with van der Waals surface area (Å²) in [7, 11) is 1.40. The van der Waals surface area contributed by atoms with Crippen molar-refractivity contribution in [1.82, 2.24) is 5.32 Å². The van der Waals surface area contributed by atoms with Crippen molar-refractivity contribution in [2.24, 2.45) is 5.41 Å². The lowest BCUT2D eigenvalue weighted by atomic mass is 9.67. The smallest absolute Gasteiger partial charge is 0.337 e. The monoisotopic (exact) mass is 261 g/mol. The molecule has 0 unspecified atom stereocenters. The molecule has 19 heavy (non-hydrogen) atoms. The van der Waals surface area contributed by atoms with E-state index >= 15 is 0 Å². The lowest BCUT2D eigenvalue weighted by Gasteiger charge is -2.41. The zero-order valence-corrected chi connectivity index (χ0v) is 11.9. The Morgan fingerprint density at radius 1 is 1.32 bits per heavy atom. The Bertz CT molecular complexity index is 415. The van der Waals surface area contributed by atoms with E-state index < -0.39 is 0 Å². The minimum atomic E-state index is -0.279. The number of rotatable bonds is 6. The maximum absolute atomic E-state index is 11.3. The molecule has 0 aliphatic heterocycles. The van der Waals surface area contributed by atoms with Crippen LogP contribution in [0, 0.1) is 5.41 Å². The molecule has 0 bridgehead atoms. The van der Waals surface area contributed by atoms with Gasteiger partial charge in [0.25, 0.3) is 0 Å². The van der Waals surface area contributed by atoms with Crippen LogP contribution in [0.5, 0.6) is 0 Å². The lowest BCUT2D eigenvalue weighted by Crippen LogP contribution is -2.39. The number of hydrogen-bond donors (Lipinski definition) is 1. The summed E-state index contributed by atoms with van der Waals surface area (Å²) in [6.45, 7) is 4.25. The minimum Gasteiger partial charge on any atom is -0.465 e. The van der Waals surface area contributed by atoms with E-state index in [1.165, 1.54) is 38.4 Å². The van der Waals surface area contributed by atoms with Crippen LogP contribution in [0.4, 0.5) is 0 Å². The van der Waals surface area contributed by atoms with Gasteiger partial charge in [0.1, 0.15) is 0 Å². The van der Waals surface area contributed by atoms with Crippen molar-refractivity contribution >= 4 is 5.97 Å². The van der Waals surface area contributed by atoms with Gasteiger partial charge in [-0.2, -0.15) is 0 Å². The van der Waals surface area contributed by atoms with E-state index in [4.69, 9.17) is 0 Å². The highest BCUT2D eigenvalue weighted by atomic mass is 16.5. The Morgan fingerprint density at radius 3 is 2.47 bits per heavy atom. The number of esters is 1. The van der Waals surface area contributed by atoms with Gasteiger partial charge in [0.15, 0.2) is 0 Å². The number of benzene rings is 1. The maximum Gasteiger partial charge on any atom is 0.337 e. The fourth-order valence-electron chi connectivity index (χ4n) is 2.68. The molecule has 1 fully saturated rings. The first-order valence-corrected chi connectivity index (χ1v) is 7.07. The molecule has 1 N–H and O–H groups in total. The van der Waals surface area contributed by atoms with E-state index in [1.807, 2.05) is 24.3 Å². The molecule has 1 aliphatic rings.